The van der Waals surface area contributed by atoms with Gasteiger partial charge in [0.15, 0.2) is 11.5 Å². The van der Waals surface area contributed by atoms with Crippen molar-refractivity contribution in [3.63, 3.8) is 0 Å². The van der Waals surface area contributed by atoms with Crippen LogP contribution in [0.3, 0.4) is 0 Å². The molecular weight excluding hydrogens is 438 g/mol. The molecule has 0 unspecified atom stereocenters. The Morgan fingerprint density at radius 1 is 1.23 bits per heavy atom. The first-order chi connectivity index (χ1) is 16.3. The van der Waals surface area contributed by atoms with Gasteiger partial charge in [0.1, 0.15) is 11.7 Å². The summed E-state index contributed by atoms with van der Waals surface area (Å²) in [6, 6.07) is 4.12. The molecule has 5 aliphatic rings. The van der Waals surface area contributed by atoms with Gasteiger partial charge >= 0.3 is 0 Å². The minimum Gasteiger partial charge on any atom is -0.504 e. The average Bonchev–Trinajstić information content (AvgIpc) is 3.19. The van der Waals surface area contributed by atoms with Crippen LogP contribution in [0.1, 0.15) is 77.8 Å². The summed E-state index contributed by atoms with van der Waals surface area (Å²) in [6.45, 7) is 18.9. The second kappa shape index (κ2) is 7.72. The van der Waals surface area contributed by atoms with Gasteiger partial charge in [0, 0.05) is 36.6 Å². The SMILES string of the molecule is C=CCCN1CC[C@]23c4c(C)ccc(O)c4O[C@H]2[C@]2(OC)CC[C@@]3(C[C@@H]2[C@](C)(O)C(C)(C)C)[C@H]1C. The van der Waals surface area contributed by atoms with Gasteiger partial charge in [0.05, 0.1) is 5.60 Å². The van der Waals surface area contributed by atoms with Crippen LogP contribution in [0.5, 0.6) is 11.5 Å². The number of hydrogen-bond donors (Lipinski definition) is 2. The van der Waals surface area contributed by atoms with E-state index in [0.29, 0.717) is 11.8 Å². The summed E-state index contributed by atoms with van der Waals surface area (Å²) < 4.78 is 13.4. The number of piperidine rings is 1. The van der Waals surface area contributed by atoms with Crippen molar-refractivity contribution in [2.75, 3.05) is 20.2 Å². The third-order valence-corrected chi connectivity index (χ3v) is 11.3. The molecule has 3 saturated carbocycles. The van der Waals surface area contributed by atoms with Crippen LogP contribution in [0.4, 0.5) is 0 Å². The molecule has 1 aromatic rings. The summed E-state index contributed by atoms with van der Waals surface area (Å²) in [7, 11) is 1.81. The number of nitrogens with zero attached hydrogens (tertiary/aromatic N) is 1. The van der Waals surface area contributed by atoms with Crippen LogP contribution in [0.15, 0.2) is 24.8 Å². The van der Waals surface area contributed by atoms with E-state index in [1.165, 1.54) is 11.1 Å². The van der Waals surface area contributed by atoms with Crippen LogP contribution in [-0.4, -0.2) is 58.7 Å². The number of phenols is 1. The number of methoxy groups -OCH3 is 1. The van der Waals surface area contributed by atoms with Crippen LogP contribution in [0.2, 0.25) is 0 Å². The van der Waals surface area contributed by atoms with E-state index in [2.05, 4.69) is 46.1 Å². The van der Waals surface area contributed by atoms with E-state index in [4.69, 9.17) is 9.47 Å². The van der Waals surface area contributed by atoms with E-state index in [9.17, 15) is 10.2 Å². The van der Waals surface area contributed by atoms with Gasteiger partial charge in [-0.2, -0.15) is 0 Å². The zero-order valence-electron chi connectivity index (χ0n) is 22.8. The number of likely N-dealkylation sites (tertiary alicyclic amines) is 1. The van der Waals surface area contributed by atoms with Crippen LogP contribution in [0, 0.1) is 23.7 Å². The summed E-state index contributed by atoms with van der Waals surface area (Å²) in [6.07, 6.45) is 6.45. The number of hydrogen-bond acceptors (Lipinski definition) is 5. The number of rotatable bonds is 5. The molecule has 2 aliphatic heterocycles. The maximum atomic E-state index is 12.2. The first-order valence-corrected chi connectivity index (χ1v) is 13.5. The Morgan fingerprint density at radius 3 is 2.57 bits per heavy atom. The molecule has 5 heteroatoms. The number of fused-ring (bicyclic) bond motifs is 3. The highest BCUT2D eigenvalue weighted by molar-refractivity contribution is 5.61. The minimum atomic E-state index is -0.957. The van der Waals surface area contributed by atoms with E-state index in [1.54, 1.807) is 13.2 Å². The van der Waals surface area contributed by atoms with Crippen LogP contribution >= 0.6 is 0 Å². The topological polar surface area (TPSA) is 62.2 Å². The monoisotopic (exact) mass is 483 g/mol. The number of aromatic hydroxyl groups is 1. The predicted octanol–water partition coefficient (Wildman–Crippen LogP) is 5.35. The van der Waals surface area contributed by atoms with Gasteiger partial charge in [-0.15, -0.1) is 6.58 Å². The molecule has 6 rings (SSSR count). The molecule has 0 aromatic heterocycles. The maximum absolute atomic E-state index is 12.2. The van der Waals surface area contributed by atoms with E-state index < -0.39 is 11.2 Å². The van der Waals surface area contributed by atoms with Gasteiger partial charge in [-0.1, -0.05) is 32.9 Å². The lowest BCUT2D eigenvalue weighted by atomic mass is 9.35. The number of aliphatic hydroxyl groups is 1. The van der Waals surface area contributed by atoms with Gasteiger partial charge < -0.3 is 19.7 Å². The largest absolute Gasteiger partial charge is 0.504 e. The highest BCUT2D eigenvalue weighted by Gasteiger charge is 2.80. The highest BCUT2D eigenvalue weighted by Crippen LogP contribution is 2.76. The molecule has 2 N–H and O–H groups in total. The Labute approximate surface area is 211 Å². The third-order valence-electron chi connectivity index (χ3n) is 11.3. The predicted molar refractivity (Wildman–Crippen MR) is 139 cm³/mol. The Kier molecular flexibility index (Phi) is 5.54. The van der Waals surface area contributed by atoms with Gasteiger partial charge in [0.25, 0.3) is 0 Å². The quantitative estimate of drug-likeness (QED) is 0.553. The van der Waals surface area contributed by atoms with E-state index in [-0.39, 0.29) is 34.0 Å². The Hall–Kier alpha value is -1.56. The number of benzene rings is 1. The van der Waals surface area contributed by atoms with Crippen molar-refractivity contribution in [3.05, 3.63) is 35.9 Å². The summed E-state index contributed by atoms with van der Waals surface area (Å²) >= 11 is 0. The van der Waals surface area contributed by atoms with Crippen LogP contribution in [0.25, 0.3) is 0 Å². The standard InChI is InChI=1S/C30H45NO4/c1-9-10-16-31-17-15-29-23-19(2)11-12-21(32)24(23)35-25(29)30(34-8)14-13-28(29,20(31)3)18-22(30)27(7,33)26(4,5)6/h9,11-12,20,22,25,32-33H,1,10,13-18H2,2-8H3/t20-,22-,25-,27+,28-,29+,30+/m1/s1. The minimum absolute atomic E-state index is 0.0922. The summed E-state index contributed by atoms with van der Waals surface area (Å²) in [5.74, 6) is 0.770. The highest BCUT2D eigenvalue weighted by atomic mass is 16.6. The lowest BCUT2D eigenvalue weighted by molar-refractivity contribution is -0.309. The molecule has 194 valence electrons. The third kappa shape index (κ3) is 2.86. The first kappa shape index (κ1) is 25.1. The Morgan fingerprint density at radius 2 is 1.94 bits per heavy atom. The fourth-order valence-corrected chi connectivity index (χ4v) is 8.90. The second-order valence-electron chi connectivity index (χ2n) is 13.1. The molecule has 2 bridgehead atoms. The number of phenolic OH excluding ortho intramolecular Hbond substituents is 1. The molecule has 2 spiro atoms. The van der Waals surface area contributed by atoms with Crippen molar-refractivity contribution in [1.29, 1.82) is 0 Å². The lowest BCUT2D eigenvalue weighted by Crippen LogP contribution is -2.81. The molecule has 1 aromatic carbocycles. The molecule has 1 saturated heterocycles. The van der Waals surface area contributed by atoms with Crippen LogP contribution in [-0.2, 0) is 10.2 Å². The molecule has 35 heavy (non-hydrogen) atoms. The summed E-state index contributed by atoms with van der Waals surface area (Å²) in [5, 5.41) is 23.2. The normalized spacial score (nSPS) is 39.8. The lowest BCUT2D eigenvalue weighted by Gasteiger charge is -2.74. The fourth-order valence-electron chi connectivity index (χ4n) is 8.90. The molecule has 5 nitrogen and oxygen atoms in total. The second-order valence-corrected chi connectivity index (χ2v) is 13.1. The van der Waals surface area contributed by atoms with Gasteiger partial charge in [-0.25, -0.2) is 0 Å². The number of aryl methyl sites for hydroxylation is 1. The van der Waals surface area contributed by atoms with E-state index in [1.807, 2.05) is 19.1 Å². The summed E-state index contributed by atoms with van der Waals surface area (Å²) in [4.78, 5) is 2.63. The molecule has 4 fully saturated rings. The van der Waals surface area contributed by atoms with Gasteiger partial charge in [0.2, 0.25) is 0 Å². The summed E-state index contributed by atoms with van der Waals surface area (Å²) in [5.41, 5.74) is 0.108. The zero-order valence-corrected chi connectivity index (χ0v) is 22.8. The average molecular weight is 484 g/mol. The van der Waals surface area contributed by atoms with Crippen molar-refractivity contribution in [2.24, 2.45) is 16.7 Å². The maximum Gasteiger partial charge on any atom is 0.165 e. The van der Waals surface area contributed by atoms with E-state index in [0.717, 1.165) is 45.2 Å². The van der Waals surface area contributed by atoms with Crippen molar-refractivity contribution < 1.29 is 19.7 Å². The van der Waals surface area contributed by atoms with Crippen molar-refractivity contribution in [2.45, 2.75) is 102 Å². The van der Waals surface area contributed by atoms with Gasteiger partial charge in [-0.05, 0) is 81.9 Å². The fraction of sp³-hybridized carbons (Fsp3) is 0.733. The number of ether oxygens (including phenoxy) is 2. The van der Waals surface area contributed by atoms with Crippen molar-refractivity contribution in [1.82, 2.24) is 4.90 Å². The van der Waals surface area contributed by atoms with Gasteiger partial charge in [-0.3, -0.25) is 4.90 Å². The van der Waals surface area contributed by atoms with Crippen molar-refractivity contribution in [3.8, 4) is 11.5 Å². The molecule has 2 heterocycles. The zero-order chi connectivity index (χ0) is 25.6. The van der Waals surface area contributed by atoms with E-state index >= 15 is 0 Å². The first-order valence-electron chi connectivity index (χ1n) is 13.5. The molecule has 7 atom stereocenters. The molecule has 0 radical (unpaired) electrons. The Balaban J connectivity index is 1.77. The Bertz CT molecular complexity index is 1030. The van der Waals surface area contributed by atoms with Crippen molar-refractivity contribution >= 4 is 0 Å². The molecule has 0 amide bonds. The van der Waals surface area contributed by atoms with Crippen LogP contribution < -0.4 is 4.74 Å². The molecular formula is C30H45NO4. The smallest absolute Gasteiger partial charge is 0.165 e. The molecule has 3 aliphatic carbocycles.